The Morgan fingerprint density at radius 1 is 0.933 bits per heavy atom. The van der Waals surface area contributed by atoms with Crippen molar-refractivity contribution in [3.05, 3.63) is 35.9 Å². The molecule has 162 valence electrons. The monoisotopic (exact) mass is 409 g/mol. The first-order valence-electron chi connectivity index (χ1n) is 11.9. The van der Waals surface area contributed by atoms with Gasteiger partial charge in [-0.2, -0.15) is 0 Å². The summed E-state index contributed by atoms with van der Waals surface area (Å²) in [5, 5.41) is 0. The van der Waals surface area contributed by atoms with Gasteiger partial charge in [-0.15, -0.1) is 0 Å². The predicted octanol–water partition coefficient (Wildman–Crippen LogP) is 3.26. The zero-order valence-corrected chi connectivity index (χ0v) is 18.3. The minimum atomic E-state index is -0.175. The summed E-state index contributed by atoms with van der Waals surface area (Å²) in [6.45, 7) is 8.80. The molecule has 3 heterocycles. The molecule has 4 fully saturated rings. The van der Waals surface area contributed by atoms with Crippen molar-refractivity contribution in [2.75, 3.05) is 45.8 Å². The van der Waals surface area contributed by atoms with E-state index in [1.807, 2.05) is 35.2 Å². The van der Waals surface area contributed by atoms with E-state index in [0.717, 1.165) is 89.9 Å². The molecule has 1 spiro atoms. The molecule has 2 amide bonds. The van der Waals surface area contributed by atoms with Crippen LogP contribution in [0, 0.1) is 16.7 Å². The van der Waals surface area contributed by atoms with Crippen LogP contribution in [-0.4, -0.2) is 72.3 Å². The highest BCUT2D eigenvalue weighted by Crippen LogP contribution is 2.62. The summed E-state index contributed by atoms with van der Waals surface area (Å²) in [6, 6.07) is 9.66. The minimum Gasteiger partial charge on any atom is -0.342 e. The van der Waals surface area contributed by atoms with E-state index in [0.29, 0.717) is 11.8 Å². The molecule has 2 atom stereocenters. The minimum absolute atomic E-state index is 0.157. The van der Waals surface area contributed by atoms with E-state index in [1.54, 1.807) is 0 Å². The molecule has 0 N–H and O–H groups in total. The summed E-state index contributed by atoms with van der Waals surface area (Å²) in [4.78, 5) is 33.4. The van der Waals surface area contributed by atoms with Crippen LogP contribution in [0.3, 0.4) is 0 Å². The van der Waals surface area contributed by atoms with Crippen molar-refractivity contribution in [1.82, 2.24) is 14.7 Å². The molecule has 3 saturated heterocycles. The Labute approximate surface area is 180 Å². The third kappa shape index (κ3) is 3.08. The number of amides is 2. The summed E-state index contributed by atoms with van der Waals surface area (Å²) in [7, 11) is 0. The van der Waals surface area contributed by atoms with Gasteiger partial charge >= 0.3 is 0 Å². The van der Waals surface area contributed by atoms with Gasteiger partial charge in [0, 0.05) is 44.8 Å². The third-order valence-corrected chi connectivity index (χ3v) is 8.76. The third-order valence-electron chi connectivity index (χ3n) is 8.76. The number of fused-ring (bicyclic) bond motifs is 2. The van der Waals surface area contributed by atoms with Crippen LogP contribution in [0.15, 0.2) is 30.3 Å². The van der Waals surface area contributed by atoms with Crippen molar-refractivity contribution in [2.45, 2.75) is 45.4 Å². The second-order valence-corrected chi connectivity index (χ2v) is 10.1. The largest absolute Gasteiger partial charge is 0.342 e. The number of hydrogen-bond donors (Lipinski definition) is 0. The number of likely N-dealkylation sites (tertiary alicyclic amines) is 3. The van der Waals surface area contributed by atoms with Crippen LogP contribution in [-0.2, 0) is 4.79 Å². The Kier molecular flexibility index (Phi) is 5.12. The fraction of sp³-hybridized carbons (Fsp3) is 0.680. The van der Waals surface area contributed by atoms with Gasteiger partial charge in [-0.05, 0) is 68.5 Å². The quantitative estimate of drug-likeness (QED) is 0.770. The molecule has 3 aliphatic heterocycles. The number of piperidine rings is 1. The van der Waals surface area contributed by atoms with Gasteiger partial charge in [0.25, 0.3) is 5.91 Å². The average molecular weight is 410 g/mol. The molecule has 5 heteroatoms. The SMILES string of the molecule is CCN1C[C@H]2C3(CCN(C(=O)c4ccccc4)CC3)CC[C@@]2(C(=O)N2CCCC2)C1. The van der Waals surface area contributed by atoms with Crippen LogP contribution in [0.5, 0.6) is 0 Å². The molecule has 0 unspecified atom stereocenters. The Morgan fingerprint density at radius 2 is 1.63 bits per heavy atom. The van der Waals surface area contributed by atoms with Crippen molar-refractivity contribution in [1.29, 1.82) is 0 Å². The van der Waals surface area contributed by atoms with Crippen LogP contribution < -0.4 is 0 Å². The molecule has 5 rings (SSSR count). The van der Waals surface area contributed by atoms with E-state index < -0.39 is 0 Å². The molecule has 4 aliphatic rings. The zero-order valence-electron chi connectivity index (χ0n) is 18.3. The first kappa shape index (κ1) is 20.0. The Morgan fingerprint density at radius 3 is 2.30 bits per heavy atom. The lowest BCUT2D eigenvalue weighted by molar-refractivity contribution is -0.142. The number of nitrogens with zero attached hydrogens (tertiary/aromatic N) is 3. The van der Waals surface area contributed by atoms with Gasteiger partial charge in [-0.1, -0.05) is 25.1 Å². The fourth-order valence-corrected chi connectivity index (χ4v) is 7.00. The van der Waals surface area contributed by atoms with Crippen LogP contribution in [0.4, 0.5) is 0 Å². The van der Waals surface area contributed by atoms with Gasteiger partial charge in [0.05, 0.1) is 5.41 Å². The van der Waals surface area contributed by atoms with E-state index in [-0.39, 0.29) is 16.7 Å². The highest BCUT2D eigenvalue weighted by atomic mass is 16.2. The maximum Gasteiger partial charge on any atom is 0.253 e. The second-order valence-electron chi connectivity index (χ2n) is 10.1. The molecule has 1 aromatic carbocycles. The smallest absolute Gasteiger partial charge is 0.253 e. The topological polar surface area (TPSA) is 43.9 Å². The molecular formula is C25H35N3O2. The average Bonchev–Trinajstić information content (AvgIpc) is 3.52. The van der Waals surface area contributed by atoms with Crippen LogP contribution in [0.2, 0.25) is 0 Å². The van der Waals surface area contributed by atoms with E-state index >= 15 is 0 Å². The first-order chi connectivity index (χ1) is 14.6. The fourth-order valence-electron chi connectivity index (χ4n) is 7.00. The maximum atomic E-state index is 13.7. The lowest BCUT2D eigenvalue weighted by Gasteiger charge is -2.45. The van der Waals surface area contributed by atoms with Gasteiger partial charge in [-0.3, -0.25) is 9.59 Å². The molecular weight excluding hydrogens is 374 g/mol. The number of carbonyl (C=O) groups is 2. The number of hydrogen-bond acceptors (Lipinski definition) is 3. The summed E-state index contributed by atoms with van der Waals surface area (Å²) in [6.07, 6.45) is 6.60. The molecule has 1 aromatic rings. The highest BCUT2D eigenvalue weighted by molar-refractivity contribution is 5.94. The number of carbonyl (C=O) groups excluding carboxylic acids is 2. The molecule has 30 heavy (non-hydrogen) atoms. The Bertz CT molecular complexity index is 796. The van der Waals surface area contributed by atoms with Crippen molar-refractivity contribution < 1.29 is 9.59 Å². The lowest BCUT2D eigenvalue weighted by Crippen LogP contribution is -2.50. The van der Waals surface area contributed by atoms with Gasteiger partial charge in [0.2, 0.25) is 5.91 Å². The Hall–Kier alpha value is -1.88. The highest BCUT2D eigenvalue weighted by Gasteiger charge is 2.64. The van der Waals surface area contributed by atoms with Crippen LogP contribution in [0.1, 0.15) is 55.8 Å². The van der Waals surface area contributed by atoms with Crippen LogP contribution in [0.25, 0.3) is 0 Å². The van der Waals surface area contributed by atoms with E-state index in [1.165, 1.54) is 0 Å². The van der Waals surface area contributed by atoms with Crippen LogP contribution >= 0.6 is 0 Å². The summed E-state index contributed by atoms with van der Waals surface area (Å²) in [5.41, 5.74) is 0.843. The molecule has 1 saturated carbocycles. The van der Waals surface area contributed by atoms with E-state index in [2.05, 4.69) is 16.7 Å². The van der Waals surface area contributed by atoms with E-state index in [9.17, 15) is 9.59 Å². The molecule has 5 nitrogen and oxygen atoms in total. The normalized spacial score (nSPS) is 30.8. The van der Waals surface area contributed by atoms with Crippen molar-refractivity contribution in [2.24, 2.45) is 16.7 Å². The summed E-state index contributed by atoms with van der Waals surface area (Å²) >= 11 is 0. The Balaban J connectivity index is 1.34. The van der Waals surface area contributed by atoms with Gasteiger partial charge in [0.15, 0.2) is 0 Å². The summed E-state index contributed by atoms with van der Waals surface area (Å²) in [5.74, 6) is 1.05. The molecule has 0 radical (unpaired) electrons. The van der Waals surface area contributed by atoms with Gasteiger partial charge in [0.1, 0.15) is 0 Å². The number of rotatable bonds is 3. The molecule has 1 aliphatic carbocycles. The lowest BCUT2D eigenvalue weighted by atomic mass is 9.65. The second kappa shape index (κ2) is 7.67. The first-order valence-corrected chi connectivity index (χ1v) is 11.9. The van der Waals surface area contributed by atoms with E-state index in [4.69, 9.17) is 0 Å². The molecule has 0 bridgehead atoms. The predicted molar refractivity (Wildman–Crippen MR) is 117 cm³/mol. The van der Waals surface area contributed by atoms with Crippen molar-refractivity contribution in [3.63, 3.8) is 0 Å². The zero-order chi connectivity index (χ0) is 20.8. The standard InChI is InChI=1S/C25H35N3O2/c1-2-26-18-21-24(10-11-25(21,19-26)23(30)28-14-6-7-15-28)12-16-27(17-13-24)22(29)20-8-4-3-5-9-20/h3-5,8-9,21H,2,6-7,10-19H2,1H3/t21-,25+/m0/s1. The van der Waals surface area contributed by atoms with Gasteiger partial charge in [-0.25, -0.2) is 0 Å². The van der Waals surface area contributed by atoms with Crippen molar-refractivity contribution >= 4 is 11.8 Å². The van der Waals surface area contributed by atoms with Gasteiger partial charge < -0.3 is 14.7 Å². The number of benzene rings is 1. The van der Waals surface area contributed by atoms with Crippen molar-refractivity contribution in [3.8, 4) is 0 Å². The molecule has 0 aromatic heterocycles. The maximum absolute atomic E-state index is 13.7. The summed E-state index contributed by atoms with van der Waals surface area (Å²) < 4.78 is 0.